The molecule has 2 rings (SSSR count). The van der Waals surface area contributed by atoms with E-state index in [0.717, 1.165) is 10.6 Å². The number of hydrogen-bond acceptors (Lipinski definition) is 5. The van der Waals surface area contributed by atoms with E-state index < -0.39 is 41.7 Å². The van der Waals surface area contributed by atoms with Gasteiger partial charge in [0.25, 0.3) is 5.69 Å². The fourth-order valence-corrected chi connectivity index (χ4v) is 2.60. The summed E-state index contributed by atoms with van der Waals surface area (Å²) in [6.07, 6.45) is -4.45. The molecular formula is C17H15F3N2O5. The molecule has 10 heteroatoms. The summed E-state index contributed by atoms with van der Waals surface area (Å²) in [5.74, 6) is -1.77. The lowest BCUT2D eigenvalue weighted by atomic mass is 10.1. The van der Waals surface area contributed by atoms with Crippen molar-refractivity contribution in [3.8, 4) is 0 Å². The zero-order valence-electron chi connectivity index (χ0n) is 14.4. The maximum Gasteiger partial charge on any atom is 0.406 e. The number of benzene rings is 1. The molecule has 0 spiro atoms. The van der Waals surface area contributed by atoms with Crippen LogP contribution in [-0.4, -0.2) is 34.0 Å². The van der Waals surface area contributed by atoms with Gasteiger partial charge in [-0.3, -0.25) is 14.9 Å². The van der Waals surface area contributed by atoms with Crippen molar-refractivity contribution in [3.05, 3.63) is 63.0 Å². The van der Waals surface area contributed by atoms with Crippen LogP contribution in [0, 0.1) is 24.0 Å². The highest BCUT2D eigenvalue weighted by Crippen LogP contribution is 2.24. The number of carbonyl (C=O) groups is 2. The SMILES string of the molecule is Cc1cc(C(=O)COC(=O)c2ccccc2[N+](=O)[O-])c(C)n1CC(F)(F)F. The van der Waals surface area contributed by atoms with Gasteiger partial charge in [-0.2, -0.15) is 13.2 Å². The maximum absolute atomic E-state index is 12.6. The van der Waals surface area contributed by atoms with Crippen LogP contribution < -0.4 is 0 Å². The Bertz CT molecular complexity index is 902. The van der Waals surface area contributed by atoms with Crippen LogP contribution in [0.3, 0.4) is 0 Å². The summed E-state index contributed by atoms with van der Waals surface area (Å²) < 4.78 is 43.6. The summed E-state index contributed by atoms with van der Waals surface area (Å²) in [7, 11) is 0. The Hall–Kier alpha value is -3.17. The molecule has 1 aromatic carbocycles. The number of alkyl halides is 3. The number of Topliss-reactive ketones (excluding diaryl/α,β-unsaturated/α-hetero) is 1. The number of rotatable bonds is 6. The van der Waals surface area contributed by atoms with Crippen molar-refractivity contribution >= 4 is 17.4 Å². The monoisotopic (exact) mass is 384 g/mol. The van der Waals surface area contributed by atoms with E-state index in [1.807, 2.05) is 0 Å². The Morgan fingerprint density at radius 2 is 1.81 bits per heavy atom. The van der Waals surface area contributed by atoms with Crippen LogP contribution in [0.1, 0.15) is 32.1 Å². The third-order valence-corrected chi connectivity index (χ3v) is 3.87. The van der Waals surface area contributed by atoms with Crippen molar-refractivity contribution in [1.29, 1.82) is 0 Å². The van der Waals surface area contributed by atoms with Gasteiger partial charge in [-0.05, 0) is 26.0 Å². The summed E-state index contributed by atoms with van der Waals surface area (Å²) in [6, 6.07) is 6.34. The minimum Gasteiger partial charge on any atom is -0.454 e. The molecule has 0 radical (unpaired) electrons. The van der Waals surface area contributed by atoms with E-state index in [4.69, 9.17) is 4.74 Å². The number of esters is 1. The lowest BCUT2D eigenvalue weighted by Crippen LogP contribution is -2.20. The molecule has 1 heterocycles. The van der Waals surface area contributed by atoms with Gasteiger partial charge < -0.3 is 9.30 Å². The quantitative estimate of drug-likeness (QED) is 0.328. The second kappa shape index (κ2) is 7.60. The molecule has 0 aliphatic heterocycles. The molecule has 0 atom stereocenters. The molecule has 2 aromatic rings. The van der Waals surface area contributed by atoms with Gasteiger partial charge in [0.15, 0.2) is 6.61 Å². The van der Waals surface area contributed by atoms with Gasteiger partial charge in [0, 0.05) is 23.0 Å². The van der Waals surface area contributed by atoms with Crippen LogP contribution >= 0.6 is 0 Å². The number of ketones is 1. The number of hydrogen-bond donors (Lipinski definition) is 0. The number of aromatic nitrogens is 1. The molecule has 0 N–H and O–H groups in total. The molecule has 1 aromatic heterocycles. The van der Waals surface area contributed by atoms with Crippen LogP contribution in [0.15, 0.2) is 30.3 Å². The third kappa shape index (κ3) is 4.72. The third-order valence-electron chi connectivity index (χ3n) is 3.87. The van der Waals surface area contributed by atoms with Crippen LogP contribution in [0.4, 0.5) is 18.9 Å². The van der Waals surface area contributed by atoms with Gasteiger partial charge in [-0.25, -0.2) is 4.79 Å². The molecule has 27 heavy (non-hydrogen) atoms. The van der Waals surface area contributed by atoms with Crippen molar-refractivity contribution < 1.29 is 32.4 Å². The van der Waals surface area contributed by atoms with E-state index >= 15 is 0 Å². The van der Waals surface area contributed by atoms with Crippen LogP contribution in [0.25, 0.3) is 0 Å². The zero-order chi connectivity index (χ0) is 20.4. The Kier molecular flexibility index (Phi) is 5.67. The minimum absolute atomic E-state index is 0.00730. The highest BCUT2D eigenvalue weighted by molar-refractivity contribution is 6.01. The summed E-state index contributed by atoms with van der Waals surface area (Å²) in [5.41, 5.74) is -0.474. The molecule has 0 unspecified atom stereocenters. The highest BCUT2D eigenvalue weighted by Gasteiger charge is 2.30. The number of carbonyl (C=O) groups excluding carboxylic acids is 2. The fourth-order valence-electron chi connectivity index (χ4n) is 2.60. The second-order valence-electron chi connectivity index (χ2n) is 5.76. The highest BCUT2D eigenvalue weighted by atomic mass is 19.4. The molecule has 0 aliphatic carbocycles. The number of aryl methyl sites for hydroxylation is 1. The zero-order valence-corrected chi connectivity index (χ0v) is 14.4. The van der Waals surface area contributed by atoms with Gasteiger partial charge in [0.1, 0.15) is 12.1 Å². The smallest absolute Gasteiger partial charge is 0.406 e. The molecule has 0 bridgehead atoms. The summed E-state index contributed by atoms with van der Waals surface area (Å²) in [6.45, 7) is 0.791. The second-order valence-corrected chi connectivity index (χ2v) is 5.76. The average molecular weight is 384 g/mol. The van der Waals surface area contributed by atoms with Gasteiger partial charge in [-0.15, -0.1) is 0 Å². The van der Waals surface area contributed by atoms with E-state index in [-0.39, 0.29) is 22.5 Å². The number of nitro groups is 1. The summed E-state index contributed by atoms with van der Waals surface area (Å²) in [5, 5.41) is 10.9. The lowest BCUT2D eigenvalue weighted by molar-refractivity contribution is -0.385. The first kappa shape index (κ1) is 20.1. The topological polar surface area (TPSA) is 91.4 Å². The maximum atomic E-state index is 12.6. The molecule has 0 amide bonds. The van der Waals surface area contributed by atoms with E-state index in [2.05, 4.69) is 0 Å². The molecule has 0 saturated heterocycles. The molecule has 144 valence electrons. The number of halogens is 3. The number of nitrogens with zero attached hydrogens (tertiary/aromatic N) is 2. The lowest BCUT2D eigenvalue weighted by Gasteiger charge is -2.12. The van der Waals surface area contributed by atoms with E-state index in [1.54, 1.807) is 0 Å². The van der Waals surface area contributed by atoms with Gasteiger partial charge in [0.05, 0.1) is 4.92 Å². The number of para-hydroxylation sites is 1. The first-order chi connectivity index (χ1) is 12.5. The van der Waals surface area contributed by atoms with E-state index in [9.17, 15) is 32.9 Å². The van der Waals surface area contributed by atoms with Crippen molar-refractivity contribution in [2.24, 2.45) is 0 Å². The molecule has 0 saturated carbocycles. The Morgan fingerprint density at radius 3 is 2.41 bits per heavy atom. The summed E-state index contributed by atoms with van der Waals surface area (Å²) in [4.78, 5) is 34.4. The average Bonchev–Trinajstić information content (AvgIpc) is 2.86. The Morgan fingerprint density at radius 1 is 1.19 bits per heavy atom. The van der Waals surface area contributed by atoms with Crippen LogP contribution in [0.5, 0.6) is 0 Å². The Balaban J connectivity index is 2.14. The standard InChI is InChI=1S/C17H15F3N2O5/c1-10-7-13(11(2)21(10)9-17(18,19)20)15(23)8-27-16(24)12-5-3-4-6-14(12)22(25)26/h3-7H,8-9H2,1-2H3. The fraction of sp³-hybridized carbons (Fsp3) is 0.294. The van der Waals surface area contributed by atoms with Gasteiger partial charge in [0.2, 0.25) is 5.78 Å². The van der Waals surface area contributed by atoms with Gasteiger partial charge in [-0.1, -0.05) is 12.1 Å². The van der Waals surface area contributed by atoms with Crippen LogP contribution in [0.2, 0.25) is 0 Å². The predicted molar refractivity (Wildman–Crippen MR) is 87.7 cm³/mol. The largest absolute Gasteiger partial charge is 0.454 e. The minimum atomic E-state index is -4.45. The van der Waals surface area contributed by atoms with Gasteiger partial charge >= 0.3 is 12.1 Å². The van der Waals surface area contributed by atoms with Crippen LogP contribution in [-0.2, 0) is 11.3 Å². The molecule has 7 nitrogen and oxygen atoms in total. The van der Waals surface area contributed by atoms with E-state index in [0.29, 0.717) is 0 Å². The van der Waals surface area contributed by atoms with Crippen molar-refractivity contribution in [2.45, 2.75) is 26.6 Å². The first-order valence-electron chi connectivity index (χ1n) is 7.68. The van der Waals surface area contributed by atoms with Crippen molar-refractivity contribution in [3.63, 3.8) is 0 Å². The summed E-state index contributed by atoms with van der Waals surface area (Å²) >= 11 is 0. The molecule has 0 aliphatic rings. The number of ether oxygens (including phenoxy) is 1. The molecule has 0 fully saturated rings. The normalized spacial score (nSPS) is 11.3. The molecular weight excluding hydrogens is 369 g/mol. The van der Waals surface area contributed by atoms with E-state index in [1.165, 1.54) is 38.1 Å². The number of nitro benzene ring substituents is 1. The Labute approximate surface area is 151 Å². The van der Waals surface area contributed by atoms with Crippen molar-refractivity contribution in [2.75, 3.05) is 6.61 Å². The first-order valence-corrected chi connectivity index (χ1v) is 7.68. The van der Waals surface area contributed by atoms with Crippen molar-refractivity contribution in [1.82, 2.24) is 4.57 Å². The predicted octanol–water partition coefficient (Wildman–Crippen LogP) is 3.62.